The van der Waals surface area contributed by atoms with Gasteiger partial charge in [0.05, 0.1) is 24.5 Å². The third kappa shape index (κ3) is 4.70. The van der Waals surface area contributed by atoms with Crippen molar-refractivity contribution < 1.29 is 14.2 Å². The van der Waals surface area contributed by atoms with Gasteiger partial charge in [0.1, 0.15) is 24.3 Å². The molecule has 176 valence electrons. The summed E-state index contributed by atoms with van der Waals surface area (Å²) in [6.07, 6.45) is 8.78. The topological polar surface area (TPSA) is 63.3 Å². The van der Waals surface area contributed by atoms with E-state index >= 15 is 0 Å². The molecular weight excluding hydrogens is 475 g/mol. The van der Waals surface area contributed by atoms with Crippen LogP contribution in [0, 0.1) is 0 Å². The molecule has 2 aromatic carbocycles. The lowest BCUT2D eigenvalue weighted by Crippen LogP contribution is -2.34. The van der Waals surface area contributed by atoms with Crippen molar-refractivity contribution in [1.82, 2.24) is 19.1 Å². The van der Waals surface area contributed by atoms with Crippen LogP contribution in [0.4, 0.5) is 0 Å². The number of halogens is 2. The molecule has 5 rings (SSSR count). The first-order valence-electron chi connectivity index (χ1n) is 11.0. The van der Waals surface area contributed by atoms with Gasteiger partial charge in [-0.1, -0.05) is 29.3 Å². The minimum absolute atomic E-state index is 0.283. The number of imidazole rings is 2. The number of rotatable bonds is 8. The van der Waals surface area contributed by atoms with E-state index in [0.717, 1.165) is 23.7 Å². The minimum atomic E-state index is -1.07. The van der Waals surface area contributed by atoms with Crippen LogP contribution in [0.1, 0.15) is 12.5 Å². The van der Waals surface area contributed by atoms with Crippen LogP contribution < -0.4 is 4.74 Å². The number of ether oxygens (including phenoxy) is 3. The van der Waals surface area contributed by atoms with Gasteiger partial charge in [-0.2, -0.15) is 0 Å². The molecule has 3 heterocycles. The highest BCUT2D eigenvalue weighted by Gasteiger charge is 2.45. The Bertz CT molecular complexity index is 1240. The van der Waals surface area contributed by atoms with Crippen molar-refractivity contribution in [1.29, 1.82) is 0 Å². The number of aryl methyl sites for hydroxylation is 1. The van der Waals surface area contributed by atoms with E-state index in [2.05, 4.69) is 21.5 Å². The van der Waals surface area contributed by atoms with Crippen LogP contribution in [0.25, 0.3) is 11.4 Å². The average Bonchev–Trinajstić information content (AvgIpc) is 3.60. The number of aromatic nitrogens is 4. The first-order valence-corrected chi connectivity index (χ1v) is 11.8. The van der Waals surface area contributed by atoms with E-state index in [1.807, 2.05) is 53.5 Å². The van der Waals surface area contributed by atoms with Gasteiger partial charge in [-0.3, -0.25) is 0 Å². The van der Waals surface area contributed by atoms with Gasteiger partial charge in [-0.25, -0.2) is 9.97 Å². The number of hydrogen-bond donors (Lipinski definition) is 0. The predicted molar refractivity (Wildman–Crippen MR) is 130 cm³/mol. The van der Waals surface area contributed by atoms with Gasteiger partial charge in [-0.15, -0.1) is 0 Å². The summed E-state index contributed by atoms with van der Waals surface area (Å²) >= 11 is 12.6. The third-order valence-corrected chi connectivity index (χ3v) is 6.30. The standard InChI is InChI=1S/C25H24Cl2N4O3/c1-2-31-12-10-29-24(31)18-3-6-20(7-4-18)32-14-21-15-33-25(34-21,16-30-11-9-28-17-30)22-8-5-19(26)13-23(22)27/h3-13,17,21H,2,14-16H2,1H3/t21-,25+/m0/s1. The fraction of sp³-hybridized carbons (Fsp3) is 0.280. The van der Waals surface area contributed by atoms with Gasteiger partial charge < -0.3 is 23.3 Å². The first kappa shape index (κ1) is 22.9. The van der Waals surface area contributed by atoms with Crippen molar-refractivity contribution in [3.05, 3.63) is 89.2 Å². The van der Waals surface area contributed by atoms with E-state index in [4.69, 9.17) is 37.4 Å². The summed E-state index contributed by atoms with van der Waals surface area (Å²) < 4.78 is 22.7. The highest BCUT2D eigenvalue weighted by molar-refractivity contribution is 6.35. The fourth-order valence-electron chi connectivity index (χ4n) is 4.09. The Morgan fingerprint density at radius 3 is 2.71 bits per heavy atom. The van der Waals surface area contributed by atoms with Crippen LogP contribution in [-0.4, -0.2) is 38.4 Å². The zero-order chi connectivity index (χ0) is 23.5. The number of benzene rings is 2. The lowest BCUT2D eigenvalue weighted by molar-refractivity contribution is -0.189. The van der Waals surface area contributed by atoms with Crippen LogP contribution in [0.3, 0.4) is 0 Å². The maximum atomic E-state index is 6.53. The fourth-order valence-corrected chi connectivity index (χ4v) is 4.64. The maximum Gasteiger partial charge on any atom is 0.215 e. The Balaban J connectivity index is 1.29. The zero-order valence-electron chi connectivity index (χ0n) is 18.6. The summed E-state index contributed by atoms with van der Waals surface area (Å²) in [7, 11) is 0. The molecule has 0 bridgehead atoms. The normalized spacial score (nSPS) is 20.0. The molecule has 0 radical (unpaired) electrons. The van der Waals surface area contributed by atoms with Crippen molar-refractivity contribution >= 4 is 23.2 Å². The Hall–Kier alpha value is -2.84. The van der Waals surface area contributed by atoms with Crippen LogP contribution in [0.2, 0.25) is 10.0 Å². The Kier molecular flexibility index (Phi) is 6.61. The first-order chi connectivity index (χ1) is 16.6. The van der Waals surface area contributed by atoms with Crippen LogP contribution in [0.5, 0.6) is 5.75 Å². The van der Waals surface area contributed by atoms with Gasteiger partial charge in [0.15, 0.2) is 0 Å². The molecule has 1 fully saturated rings. The molecular formula is C25H24Cl2N4O3. The van der Waals surface area contributed by atoms with E-state index in [0.29, 0.717) is 35.4 Å². The van der Waals surface area contributed by atoms with Gasteiger partial charge >= 0.3 is 0 Å². The summed E-state index contributed by atoms with van der Waals surface area (Å²) in [6, 6.07) is 13.2. The molecule has 9 heteroatoms. The summed E-state index contributed by atoms with van der Waals surface area (Å²) in [6.45, 7) is 4.05. The van der Waals surface area contributed by atoms with Gasteiger partial charge in [0, 0.05) is 47.5 Å². The van der Waals surface area contributed by atoms with Gasteiger partial charge in [0.25, 0.3) is 0 Å². The lowest BCUT2D eigenvalue weighted by Gasteiger charge is -2.30. The Labute approximate surface area is 207 Å². The molecule has 0 spiro atoms. The van der Waals surface area contributed by atoms with E-state index in [1.54, 1.807) is 24.7 Å². The molecule has 0 amide bonds. The molecule has 4 aromatic rings. The van der Waals surface area contributed by atoms with Crippen LogP contribution in [-0.2, 0) is 28.4 Å². The molecule has 0 unspecified atom stereocenters. The lowest BCUT2D eigenvalue weighted by atomic mass is 10.1. The highest BCUT2D eigenvalue weighted by Crippen LogP contribution is 2.40. The van der Waals surface area contributed by atoms with Crippen LogP contribution >= 0.6 is 23.2 Å². The third-order valence-electron chi connectivity index (χ3n) is 5.76. The van der Waals surface area contributed by atoms with Crippen LogP contribution in [0.15, 0.2) is 73.6 Å². The van der Waals surface area contributed by atoms with Crippen molar-refractivity contribution in [3.63, 3.8) is 0 Å². The second-order valence-electron chi connectivity index (χ2n) is 8.04. The Morgan fingerprint density at radius 1 is 1.12 bits per heavy atom. The smallest absolute Gasteiger partial charge is 0.215 e. The van der Waals surface area contributed by atoms with Crippen molar-refractivity contribution in [2.24, 2.45) is 0 Å². The molecule has 7 nitrogen and oxygen atoms in total. The second kappa shape index (κ2) is 9.80. The molecule has 0 aliphatic carbocycles. The molecule has 1 saturated heterocycles. The monoisotopic (exact) mass is 498 g/mol. The quantitative estimate of drug-likeness (QED) is 0.324. The van der Waals surface area contributed by atoms with E-state index < -0.39 is 5.79 Å². The molecule has 1 aliphatic heterocycles. The predicted octanol–water partition coefficient (Wildman–Crippen LogP) is 5.42. The zero-order valence-corrected chi connectivity index (χ0v) is 20.1. The summed E-state index contributed by atoms with van der Waals surface area (Å²) in [5.41, 5.74) is 1.75. The van der Waals surface area contributed by atoms with Gasteiger partial charge in [-0.05, 0) is 43.3 Å². The van der Waals surface area contributed by atoms with E-state index in [1.165, 1.54) is 0 Å². The van der Waals surface area contributed by atoms with Crippen molar-refractivity contribution in [3.8, 4) is 17.1 Å². The van der Waals surface area contributed by atoms with Crippen molar-refractivity contribution in [2.75, 3.05) is 13.2 Å². The second-order valence-corrected chi connectivity index (χ2v) is 8.88. The highest BCUT2D eigenvalue weighted by atomic mass is 35.5. The van der Waals surface area contributed by atoms with Gasteiger partial charge in [0.2, 0.25) is 5.79 Å². The molecule has 0 saturated carbocycles. The molecule has 2 atom stereocenters. The van der Waals surface area contributed by atoms with E-state index in [-0.39, 0.29) is 6.10 Å². The minimum Gasteiger partial charge on any atom is -0.491 e. The Morgan fingerprint density at radius 2 is 1.97 bits per heavy atom. The molecule has 2 aromatic heterocycles. The SMILES string of the molecule is CCn1ccnc1-c1ccc(OC[C@H]2CO[C@@](Cn3ccnc3)(c3ccc(Cl)cc3Cl)O2)cc1. The summed E-state index contributed by atoms with van der Waals surface area (Å²) in [5.74, 6) is 0.613. The summed E-state index contributed by atoms with van der Waals surface area (Å²) in [4.78, 5) is 8.57. The molecule has 34 heavy (non-hydrogen) atoms. The number of nitrogens with zero attached hydrogens (tertiary/aromatic N) is 4. The van der Waals surface area contributed by atoms with Crippen molar-refractivity contribution in [2.45, 2.75) is 31.9 Å². The van der Waals surface area contributed by atoms with E-state index in [9.17, 15) is 0 Å². The molecule has 0 N–H and O–H groups in total. The summed E-state index contributed by atoms with van der Waals surface area (Å²) in [5, 5.41) is 1.03. The number of hydrogen-bond acceptors (Lipinski definition) is 5. The average molecular weight is 499 g/mol. The maximum absolute atomic E-state index is 6.53. The largest absolute Gasteiger partial charge is 0.491 e. The molecule has 1 aliphatic rings.